The van der Waals surface area contributed by atoms with Crippen LogP contribution in [0.25, 0.3) is 16.6 Å². The van der Waals surface area contributed by atoms with Gasteiger partial charge < -0.3 is 0 Å². The molecule has 1 aliphatic carbocycles. The van der Waals surface area contributed by atoms with Crippen LogP contribution in [0, 0.1) is 18.3 Å². The summed E-state index contributed by atoms with van der Waals surface area (Å²) in [6.45, 7) is 2.06. The van der Waals surface area contributed by atoms with Gasteiger partial charge >= 0.3 is 0 Å². The van der Waals surface area contributed by atoms with Gasteiger partial charge in [0.2, 0.25) is 0 Å². The van der Waals surface area contributed by atoms with Gasteiger partial charge in [0.1, 0.15) is 6.07 Å². The molecular weight excluding hydrogens is 294 g/mol. The normalized spacial score (nSPS) is 15.5. The lowest BCUT2D eigenvalue weighted by Gasteiger charge is -2.22. The van der Waals surface area contributed by atoms with Gasteiger partial charge in [-0.15, -0.1) is 0 Å². The molecule has 0 amide bonds. The minimum Gasteiger partial charge on any atom is -0.239 e. The molecule has 0 saturated heterocycles. The average Bonchev–Trinajstić information content (AvgIpc) is 3.05. The zero-order chi connectivity index (χ0) is 16.5. The number of aryl methyl sites for hydroxylation is 1. The van der Waals surface area contributed by atoms with Crippen LogP contribution in [0.5, 0.6) is 0 Å². The van der Waals surface area contributed by atoms with Crippen LogP contribution < -0.4 is 0 Å². The first-order chi connectivity index (χ1) is 11.8. The molecule has 3 heteroatoms. The molecule has 120 valence electrons. The van der Waals surface area contributed by atoms with Crippen molar-refractivity contribution in [1.82, 2.24) is 9.61 Å². The second-order valence-electron chi connectivity index (χ2n) is 6.85. The maximum absolute atomic E-state index is 9.38. The lowest BCUT2D eigenvalue weighted by molar-refractivity contribution is 0.443. The minimum absolute atomic E-state index is 0.626. The fourth-order valence-corrected chi connectivity index (χ4v) is 3.93. The van der Waals surface area contributed by atoms with E-state index in [2.05, 4.69) is 48.4 Å². The molecule has 1 aromatic carbocycles. The third-order valence-electron chi connectivity index (χ3n) is 5.17. The fraction of sp³-hybridized carbons (Fsp3) is 0.333. The van der Waals surface area contributed by atoms with E-state index in [0.717, 1.165) is 28.1 Å². The van der Waals surface area contributed by atoms with Crippen molar-refractivity contribution >= 4 is 5.52 Å². The summed E-state index contributed by atoms with van der Waals surface area (Å²) in [7, 11) is 0. The van der Waals surface area contributed by atoms with E-state index in [1.165, 1.54) is 37.7 Å². The van der Waals surface area contributed by atoms with Crippen LogP contribution >= 0.6 is 0 Å². The number of pyridine rings is 1. The van der Waals surface area contributed by atoms with Gasteiger partial charge in [0.15, 0.2) is 0 Å². The van der Waals surface area contributed by atoms with E-state index in [1.54, 1.807) is 6.20 Å². The van der Waals surface area contributed by atoms with Crippen molar-refractivity contribution in [3.05, 3.63) is 59.4 Å². The maximum Gasteiger partial charge on any atom is 0.103 e. The number of nitrogens with zero attached hydrogens (tertiary/aromatic N) is 3. The SMILES string of the molecule is Cc1cc(-c2ccc(C3CCCCC3)cc2)c2c(C#N)cnn2c1. The van der Waals surface area contributed by atoms with E-state index < -0.39 is 0 Å². The molecule has 0 N–H and O–H groups in total. The van der Waals surface area contributed by atoms with Crippen LogP contribution in [0.4, 0.5) is 0 Å². The summed E-state index contributed by atoms with van der Waals surface area (Å²) in [5, 5.41) is 13.7. The summed E-state index contributed by atoms with van der Waals surface area (Å²) in [6.07, 6.45) is 10.3. The number of hydrogen-bond acceptors (Lipinski definition) is 2. The highest BCUT2D eigenvalue weighted by molar-refractivity contribution is 5.84. The van der Waals surface area contributed by atoms with Crippen molar-refractivity contribution in [3.63, 3.8) is 0 Å². The van der Waals surface area contributed by atoms with E-state index in [0.29, 0.717) is 5.56 Å². The molecule has 1 saturated carbocycles. The van der Waals surface area contributed by atoms with Gasteiger partial charge in [-0.05, 0) is 48.4 Å². The van der Waals surface area contributed by atoms with Crippen LogP contribution in [-0.4, -0.2) is 9.61 Å². The average molecular weight is 315 g/mol. The molecule has 0 atom stereocenters. The Morgan fingerprint density at radius 3 is 2.58 bits per heavy atom. The summed E-state index contributed by atoms with van der Waals surface area (Å²) in [5.41, 5.74) is 6.35. The largest absolute Gasteiger partial charge is 0.239 e. The van der Waals surface area contributed by atoms with E-state index in [-0.39, 0.29) is 0 Å². The van der Waals surface area contributed by atoms with Gasteiger partial charge in [-0.1, -0.05) is 43.5 Å². The van der Waals surface area contributed by atoms with Gasteiger partial charge in [0, 0.05) is 11.8 Å². The zero-order valence-electron chi connectivity index (χ0n) is 14.0. The highest BCUT2D eigenvalue weighted by atomic mass is 15.2. The first-order valence-electron chi connectivity index (χ1n) is 8.74. The van der Waals surface area contributed by atoms with Crippen LogP contribution in [0.3, 0.4) is 0 Å². The van der Waals surface area contributed by atoms with Crippen LogP contribution in [0.1, 0.15) is 54.7 Å². The van der Waals surface area contributed by atoms with Crippen molar-refractivity contribution in [3.8, 4) is 17.2 Å². The Morgan fingerprint density at radius 1 is 1.12 bits per heavy atom. The third-order valence-corrected chi connectivity index (χ3v) is 5.17. The number of rotatable bonds is 2. The second-order valence-corrected chi connectivity index (χ2v) is 6.85. The fourth-order valence-electron chi connectivity index (χ4n) is 3.93. The Hall–Kier alpha value is -2.60. The standard InChI is InChI=1S/C21H21N3/c1-15-11-20(21-19(12-22)13-23-24(21)14-15)18-9-7-17(8-10-18)16-5-3-2-4-6-16/h7-11,13-14,16H,2-6H2,1H3. The molecule has 0 aliphatic heterocycles. The molecule has 24 heavy (non-hydrogen) atoms. The van der Waals surface area contributed by atoms with E-state index >= 15 is 0 Å². The van der Waals surface area contributed by atoms with E-state index in [1.807, 2.05) is 10.7 Å². The van der Waals surface area contributed by atoms with Gasteiger partial charge in [0.25, 0.3) is 0 Å². The Morgan fingerprint density at radius 2 is 1.88 bits per heavy atom. The number of nitriles is 1. The topological polar surface area (TPSA) is 41.1 Å². The van der Waals surface area contributed by atoms with Crippen LogP contribution in [0.2, 0.25) is 0 Å². The van der Waals surface area contributed by atoms with Crippen molar-refractivity contribution in [2.75, 3.05) is 0 Å². The van der Waals surface area contributed by atoms with Gasteiger partial charge in [-0.25, -0.2) is 4.52 Å². The molecule has 0 radical (unpaired) electrons. The Bertz CT molecular complexity index is 907. The summed E-state index contributed by atoms with van der Waals surface area (Å²) < 4.78 is 1.82. The van der Waals surface area contributed by atoms with Crippen molar-refractivity contribution in [1.29, 1.82) is 5.26 Å². The molecule has 3 aromatic rings. The van der Waals surface area contributed by atoms with E-state index in [4.69, 9.17) is 0 Å². The zero-order valence-corrected chi connectivity index (χ0v) is 14.0. The number of hydrogen-bond donors (Lipinski definition) is 0. The van der Waals surface area contributed by atoms with Crippen molar-refractivity contribution in [2.24, 2.45) is 0 Å². The summed E-state index contributed by atoms with van der Waals surface area (Å²) in [6, 6.07) is 13.3. The molecule has 3 nitrogen and oxygen atoms in total. The quantitative estimate of drug-likeness (QED) is 0.650. The smallest absolute Gasteiger partial charge is 0.103 e. The predicted molar refractivity (Wildman–Crippen MR) is 95.9 cm³/mol. The van der Waals surface area contributed by atoms with Crippen molar-refractivity contribution in [2.45, 2.75) is 44.9 Å². The summed E-state index contributed by atoms with van der Waals surface area (Å²) in [4.78, 5) is 0. The lowest BCUT2D eigenvalue weighted by atomic mass is 9.83. The lowest BCUT2D eigenvalue weighted by Crippen LogP contribution is -2.04. The molecular formula is C21H21N3. The maximum atomic E-state index is 9.38. The van der Waals surface area contributed by atoms with Gasteiger partial charge in [-0.2, -0.15) is 10.4 Å². The Kier molecular flexibility index (Phi) is 3.82. The van der Waals surface area contributed by atoms with E-state index in [9.17, 15) is 5.26 Å². The highest BCUT2D eigenvalue weighted by Gasteiger charge is 2.16. The number of benzene rings is 1. The third kappa shape index (κ3) is 2.59. The van der Waals surface area contributed by atoms with Crippen LogP contribution in [-0.2, 0) is 0 Å². The highest BCUT2D eigenvalue weighted by Crippen LogP contribution is 2.34. The second kappa shape index (κ2) is 6.13. The van der Waals surface area contributed by atoms with Crippen LogP contribution in [0.15, 0.2) is 42.7 Å². The molecule has 1 aliphatic rings. The summed E-state index contributed by atoms with van der Waals surface area (Å²) in [5.74, 6) is 0.718. The molecule has 1 fully saturated rings. The number of aromatic nitrogens is 2. The predicted octanol–water partition coefficient (Wildman–Crippen LogP) is 5.23. The van der Waals surface area contributed by atoms with Crippen molar-refractivity contribution < 1.29 is 0 Å². The number of fused-ring (bicyclic) bond motifs is 1. The molecule has 2 aromatic heterocycles. The monoisotopic (exact) mass is 315 g/mol. The molecule has 0 unspecified atom stereocenters. The van der Waals surface area contributed by atoms with Gasteiger partial charge in [-0.3, -0.25) is 0 Å². The molecule has 0 bridgehead atoms. The molecule has 0 spiro atoms. The molecule has 4 rings (SSSR count). The minimum atomic E-state index is 0.626. The summed E-state index contributed by atoms with van der Waals surface area (Å²) >= 11 is 0. The first-order valence-corrected chi connectivity index (χ1v) is 8.74. The Labute approximate surface area is 142 Å². The Balaban J connectivity index is 1.77. The van der Waals surface area contributed by atoms with Gasteiger partial charge in [0.05, 0.1) is 17.3 Å². The molecule has 2 heterocycles. The first kappa shape index (κ1) is 15.0.